The van der Waals surface area contributed by atoms with Crippen LogP contribution in [0.15, 0.2) is 42.5 Å². The van der Waals surface area contributed by atoms with E-state index in [9.17, 15) is 4.39 Å². The monoisotopic (exact) mass is 245 g/mol. The van der Waals surface area contributed by atoms with Crippen molar-refractivity contribution in [1.82, 2.24) is 0 Å². The van der Waals surface area contributed by atoms with Crippen LogP contribution >= 0.6 is 0 Å². The molecule has 0 heterocycles. The van der Waals surface area contributed by atoms with Crippen molar-refractivity contribution in [1.29, 1.82) is 0 Å². The fraction of sp³-hybridized carbons (Fsp3) is 0.200. The summed E-state index contributed by atoms with van der Waals surface area (Å²) in [7, 11) is 0. The Labute approximate surface area is 106 Å². The molecule has 0 amide bonds. The van der Waals surface area contributed by atoms with Crippen molar-refractivity contribution in [2.45, 2.75) is 13.3 Å². The Kier molecular flexibility index (Phi) is 3.95. The van der Waals surface area contributed by atoms with Crippen molar-refractivity contribution in [3.05, 3.63) is 59.4 Å². The largest absolute Gasteiger partial charge is 0.454 e. The lowest BCUT2D eigenvalue weighted by molar-refractivity contribution is 0.439. The number of benzene rings is 2. The molecule has 0 radical (unpaired) electrons. The first-order chi connectivity index (χ1) is 8.70. The van der Waals surface area contributed by atoms with Crippen LogP contribution in [0.3, 0.4) is 0 Å². The lowest BCUT2D eigenvalue weighted by Gasteiger charge is -2.09. The quantitative estimate of drug-likeness (QED) is 0.895. The molecule has 0 atom stereocenters. The highest BCUT2D eigenvalue weighted by Gasteiger charge is 2.07. The molecule has 2 N–H and O–H groups in total. The maximum Gasteiger partial charge on any atom is 0.168 e. The Morgan fingerprint density at radius 1 is 1.17 bits per heavy atom. The molecule has 0 unspecified atom stereocenters. The van der Waals surface area contributed by atoms with E-state index in [1.54, 1.807) is 25.1 Å². The molecular formula is C15H16FNO. The topological polar surface area (TPSA) is 35.2 Å². The van der Waals surface area contributed by atoms with Gasteiger partial charge in [-0.25, -0.2) is 4.39 Å². The number of halogens is 1. The normalized spacial score (nSPS) is 10.4. The van der Waals surface area contributed by atoms with Gasteiger partial charge in [0.05, 0.1) is 0 Å². The molecule has 0 bridgehead atoms. The summed E-state index contributed by atoms with van der Waals surface area (Å²) >= 11 is 0. The average Bonchev–Trinajstić information content (AvgIpc) is 2.36. The van der Waals surface area contributed by atoms with Gasteiger partial charge < -0.3 is 10.5 Å². The molecule has 2 aromatic rings. The summed E-state index contributed by atoms with van der Waals surface area (Å²) in [6, 6.07) is 12.7. The maximum absolute atomic E-state index is 13.8. The number of hydrogen-bond acceptors (Lipinski definition) is 2. The van der Waals surface area contributed by atoms with Gasteiger partial charge in [-0.05, 0) is 49.2 Å². The van der Waals surface area contributed by atoms with E-state index < -0.39 is 0 Å². The first kappa shape index (κ1) is 12.6. The summed E-state index contributed by atoms with van der Waals surface area (Å²) in [4.78, 5) is 0. The Morgan fingerprint density at radius 3 is 2.72 bits per heavy atom. The number of hydrogen-bond donors (Lipinski definition) is 1. The molecule has 0 saturated carbocycles. The third-order valence-electron chi connectivity index (χ3n) is 2.72. The molecule has 0 aromatic heterocycles. The van der Waals surface area contributed by atoms with E-state index in [1.807, 2.05) is 24.3 Å². The van der Waals surface area contributed by atoms with Gasteiger partial charge in [0.25, 0.3) is 0 Å². The molecule has 18 heavy (non-hydrogen) atoms. The van der Waals surface area contributed by atoms with E-state index in [4.69, 9.17) is 10.5 Å². The van der Waals surface area contributed by atoms with Crippen molar-refractivity contribution >= 4 is 0 Å². The van der Waals surface area contributed by atoms with E-state index in [1.165, 1.54) is 0 Å². The van der Waals surface area contributed by atoms with Gasteiger partial charge in [-0.1, -0.05) is 24.3 Å². The highest BCUT2D eigenvalue weighted by Crippen LogP contribution is 2.26. The van der Waals surface area contributed by atoms with Crippen LogP contribution in [-0.2, 0) is 6.42 Å². The van der Waals surface area contributed by atoms with E-state index in [0.29, 0.717) is 17.9 Å². The van der Waals surface area contributed by atoms with Gasteiger partial charge in [0.15, 0.2) is 11.6 Å². The molecule has 0 aliphatic heterocycles. The van der Waals surface area contributed by atoms with Gasteiger partial charge in [-0.3, -0.25) is 0 Å². The van der Waals surface area contributed by atoms with Crippen molar-refractivity contribution in [3.8, 4) is 11.5 Å². The van der Waals surface area contributed by atoms with Crippen molar-refractivity contribution in [3.63, 3.8) is 0 Å². The molecule has 94 valence electrons. The van der Waals surface area contributed by atoms with Gasteiger partial charge in [0.1, 0.15) is 5.75 Å². The predicted octanol–water partition coefficient (Wildman–Crippen LogP) is 3.43. The highest BCUT2D eigenvalue weighted by atomic mass is 19.1. The zero-order chi connectivity index (χ0) is 13.0. The SMILES string of the molecule is Cc1cccc(Oc2cccc(CCN)c2)c1F. The third kappa shape index (κ3) is 2.87. The summed E-state index contributed by atoms with van der Waals surface area (Å²) in [5, 5.41) is 0. The molecule has 2 rings (SSSR count). The van der Waals surface area contributed by atoms with Gasteiger partial charge in [-0.2, -0.15) is 0 Å². The molecule has 3 heteroatoms. The summed E-state index contributed by atoms with van der Waals surface area (Å²) < 4.78 is 19.4. The summed E-state index contributed by atoms with van der Waals surface area (Å²) in [5.41, 5.74) is 7.17. The first-order valence-electron chi connectivity index (χ1n) is 5.92. The number of aryl methyl sites for hydroxylation is 1. The maximum atomic E-state index is 13.8. The van der Waals surface area contributed by atoms with Crippen molar-refractivity contribution < 1.29 is 9.13 Å². The van der Waals surface area contributed by atoms with Crippen LogP contribution in [0.1, 0.15) is 11.1 Å². The molecule has 0 spiro atoms. The van der Waals surface area contributed by atoms with Crippen LogP contribution in [-0.4, -0.2) is 6.54 Å². The molecule has 2 nitrogen and oxygen atoms in total. The minimum Gasteiger partial charge on any atom is -0.454 e. The molecule has 0 saturated heterocycles. The van der Waals surface area contributed by atoms with Gasteiger partial charge >= 0.3 is 0 Å². The van der Waals surface area contributed by atoms with Gasteiger partial charge in [-0.15, -0.1) is 0 Å². The van der Waals surface area contributed by atoms with Gasteiger partial charge in [0.2, 0.25) is 0 Å². The zero-order valence-electron chi connectivity index (χ0n) is 10.3. The lowest BCUT2D eigenvalue weighted by atomic mass is 10.1. The van der Waals surface area contributed by atoms with E-state index >= 15 is 0 Å². The standard InChI is InChI=1S/C15H16FNO/c1-11-4-2-7-14(15(11)16)18-13-6-3-5-12(10-13)8-9-17/h2-7,10H,8-9,17H2,1H3. The van der Waals surface area contributed by atoms with Crippen LogP contribution in [0.4, 0.5) is 4.39 Å². The fourth-order valence-corrected chi connectivity index (χ4v) is 1.76. The zero-order valence-corrected chi connectivity index (χ0v) is 10.3. The number of ether oxygens (including phenoxy) is 1. The van der Waals surface area contributed by atoms with Crippen molar-refractivity contribution in [2.24, 2.45) is 5.73 Å². The second-order valence-electron chi connectivity index (χ2n) is 4.18. The van der Waals surface area contributed by atoms with E-state index in [-0.39, 0.29) is 11.6 Å². The third-order valence-corrected chi connectivity index (χ3v) is 2.72. The van der Waals surface area contributed by atoms with Crippen LogP contribution < -0.4 is 10.5 Å². The van der Waals surface area contributed by atoms with Crippen LogP contribution in [0, 0.1) is 12.7 Å². The second-order valence-corrected chi connectivity index (χ2v) is 4.18. The molecule has 0 fully saturated rings. The Balaban J connectivity index is 2.23. The fourth-order valence-electron chi connectivity index (χ4n) is 1.76. The van der Waals surface area contributed by atoms with Crippen LogP contribution in [0.2, 0.25) is 0 Å². The number of rotatable bonds is 4. The Hall–Kier alpha value is -1.87. The van der Waals surface area contributed by atoms with E-state index in [2.05, 4.69) is 0 Å². The molecule has 2 aromatic carbocycles. The lowest BCUT2D eigenvalue weighted by Crippen LogP contribution is -2.02. The molecule has 0 aliphatic rings. The number of nitrogens with two attached hydrogens (primary N) is 1. The molecule has 0 aliphatic carbocycles. The average molecular weight is 245 g/mol. The van der Waals surface area contributed by atoms with Gasteiger partial charge in [0, 0.05) is 0 Å². The summed E-state index contributed by atoms with van der Waals surface area (Å²) in [6.45, 7) is 2.30. The molecular weight excluding hydrogens is 229 g/mol. The minimum atomic E-state index is -0.318. The minimum absolute atomic E-state index is 0.250. The summed E-state index contributed by atoms with van der Waals surface area (Å²) in [5.74, 6) is 0.562. The van der Waals surface area contributed by atoms with Crippen LogP contribution in [0.25, 0.3) is 0 Å². The van der Waals surface area contributed by atoms with Crippen molar-refractivity contribution in [2.75, 3.05) is 6.54 Å². The first-order valence-corrected chi connectivity index (χ1v) is 5.92. The smallest absolute Gasteiger partial charge is 0.168 e. The summed E-state index contributed by atoms with van der Waals surface area (Å²) in [6.07, 6.45) is 0.785. The Morgan fingerprint density at radius 2 is 1.94 bits per heavy atom. The predicted molar refractivity (Wildman–Crippen MR) is 70.4 cm³/mol. The van der Waals surface area contributed by atoms with Crippen LogP contribution in [0.5, 0.6) is 11.5 Å². The highest BCUT2D eigenvalue weighted by molar-refractivity contribution is 5.36. The Bertz CT molecular complexity index is 540. The second kappa shape index (κ2) is 5.65. The van der Waals surface area contributed by atoms with E-state index in [0.717, 1.165) is 12.0 Å².